The van der Waals surface area contributed by atoms with Crippen LogP contribution in [0.5, 0.6) is 0 Å². The highest BCUT2D eigenvalue weighted by atomic mass is 32.2. The molecule has 3 rings (SSSR count). The van der Waals surface area contributed by atoms with Gasteiger partial charge < -0.3 is 10.2 Å². The van der Waals surface area contributed by atoms with Crippen molar-refractivity contribution in [2.24, 2.45) is 0 Å². The number of benzene rings is 3. The van der Waals surface area contributed by atoms with Crippen molar-refractivity contribution in [3.63, 3.8) is 0 Å². The fraction of sp³-hybridized carbons (Fsp3) is 0.355. The molecule has 0 spiro atoms. The van der Waals surface area contributed by atoms with E-state index in [0.717, 1.165) is 33.0 Å². The maximum absolute atomic E-state index is 14.1. The van der Waals surface area contributed by atoms with Crippen molar-refractivity contribution in [3.05, 3.63) is 95.1 Å². The Morgan fingerprint density at radius 2 is 1.44 bits per heavy atom. The Morgan fingerprint density at radius 1 is 0.846 bits per heavy atom. The van der Waals surface area contributed by atoms with E-state index in [9.17, 15) is 18.0 Å². The van der Waals surface area contributed by atoms with E-state index in [2.05, 4.69) is 5.32 Å². The molecule has 208 valence electrons. The predicted octanol–water partition coefficient (Wildman–Crippen LogP) is 5.14. The zero-order valence-electron chi connectivity index (χ0n) is 23.5. The molecule has 39 heavy (non-hydrogen) atoms. The van der Waals surface area contributed by atoms with Gasteiger partial charge in [-0.05, 0) is 69.0 Å². The topological polar surface area (TPSA) is 86.8 Å². The van der Waals surface area contributed by atoms with Gasteiger partial charge in [-0.3, -0.25) is 13.9 Å². The van der Waals surface area contributed by atoms with E-state index in [1.165, 1.54) is 4.90 Å². The summed E-state index contributed by atoms with van der Waals surface area (Å²) in [6, 6.07) is 20.5. The highest BCUT2D eigenvalue weighted by Gasteiger charge is 2.33. The number of nitrogens with zero attached hydrogens (tertiary/aromatic N) is 2. The lowest BCUT2D eigenvalue weighted by atomic mass is 10.1. The minimum absolute atomic E-state index is 0.0969. The number of nitrogens with one attached hydrogen (secondary N) is 1. The fourth-order valence-corrected chi connectivity index (χ4v) is 5.75. The molecule has 0 bridgehead atoms. The van der Waals surface area contributed by atoms with Gasteiger partial charge in [0.1, 0.15) is 12.6 Å². The largest absolute Gasteiger partial charge is 0.354 e. The van der Waals surface area contributed by atoms with Crippen molar-refractivity contribution in [2.45, 2.75) is 64.9 Å². The molecule has 0 saturated carbocycles. The quantitative estimate of drug-likeness (QED) is 0.339. The van der Waals surface area contributed by atoms with Crippen molar-refractivity contribution in [1.29, 1.82) is 0 Å². The molecule has 0 aliphatic carbocycles. The number of amides is 2. The molecule has 0 aliphatic rings. The summed E-state index contributed by atoms with van der Waals surface area (Å²) in [5.74, 6) is -0.697. The number of hydrogen-bond donors (Lipinski definition) is 1. The number of rotatable bonds is 12. The summed E-state index contributed by atoms with van der Waals surface area (Å²) in [5.41, 5.74) is 4.17. The normalized spacial score (nSPS) is 12.0. The monoisotopic (exact) mass is 549 g/mol. The van der Waals surface area contributed by atoms with E-state index in [0.29, 0.717) is 18.7 Å². The molecule has 0 saturated heterocycles. The van der Waals surface area contributed by atoms with Crippen LogP contribution in [0, 0.1) is 20.8 Å². The number of anilines is 1. The summed E-state index contributed by atoms with van der Waals surface area (Å²) >= 11 is 0. The van der Waals surface area contributed by atoms with E-state index in [-0.39, 0.29) is 17.3 Å². The lowest BCUT2D eigenvalue weighted by Crippen LogP contribution is -2.52. The number of sulfonamides is 1. The minimum Gasteiger partial charge on any atom is -0.354 e. The van der Waals surface area contributed by atoms with Gasteiger partial charge in [0.25, 0.3) is 10.0 Å². The van der Waals surface area contributed by atoms with Gasteiger partial charge in [-0.15, -0.1) is 0 Å². The third kappa shape index (κ3) is 7.47. The molecule has 0 fully saturated rings. The Morgan fingerprint density at radius 3 is 2.00 bits per heavy atom. The summed E-state index contributed by atoms with van der Waals surface area (Å²) in [4.78, 5) is 28.8. The van der Waals surface area contributed by atoms with Crippen LogP contribution >= 0.6 is 0 Å². The van der Waals surface area contributed by atoms with Gasteiger partial charge in [0.2, 0.25) is 11.8 Å². The predicted molar refractivity (Wildman–Crippen MR) is 156 cm³/mol. The summed E-state index contributed by atoms with van der Waals surface area (Å²) in [6.45, 7) is 9.82. The van der Waals surface area contributed by atoms with Gasteiger partial charge in [0.15, 0.2) is 0 Å². The molecule has 1 N–H and O–H groups in total. The summed E-state index contributed by atoms with van der Waals surface area (Å²) in [5, 5.41) is 2.91. The van der Waals surface area contributed by atoms with Crippen LogP contribution in [0.4, 0.5) is 5.69 Å². The molecule has 0 heterocycles. The molecule has 1 unspecified atom stereocenters. The van der Waals surface area contributed by atoms with Crippen molar-refractivity contribution >= 4 is 27.5 Å². The summed E-state index contributed by atoms with van der Waals surface area (Å²) in [6.07, 6.45) is 1.16. The maximum Gasteiger partial charge on any atom is 0.264 e. The van der Waals surface area contributed by atoms with Crippen LogP contribution in [0.25, 0.3) is 0 Å². The second-order valence-corrected chi connectivity index (χ2v) is 11.7. The minimum atomic E-state index is -4.07. The molecular formula is C31H39N3O4S. The number of carbonyl (C=O) groups excluding carboxylic acids is 2. The van der Waals surface area contributed by atoms with Crippen LogP contribution in [-0.4, -0.2) is 44.3 Å². The van der Waals surface area contributed by atoms with E-state index in [1.807, 2.05) is 71.0 Å². The van der Waals surface area contributed by atoms with Crippen LogP contribution in [-0.2, 0) is 26.2 Å². The third-order valence-corrected chi connectivity index (χ3v) is 8.53. The van der Waals surface area contributed by atoms with Crippen molar-refractivity contribution in [3.8, 4) is 0 Å². The Bertz CT molecular complexity index is 1370. The summed E-state index contributed by atoms with van der Waals surface area (Å²) in [7, 11) is -4.07. The smallest absolute Gasteiger partial charge is 0.264 e. The highest BCUT2D eigenvalue weighted by Crippen LogP contribution is 2.26. The maximum atomic E-state index is 14.1. The van der Waals surface area contributed by atoms with Crippen LogP contribution in [0.15, 0.2) is 77.7 Å². The molecule has 1 atom stereocenters. The average molecular weight is 550 g/mol. The van der Waals surface area contributed by atoms with Crippen molar-refractivity contribution in [2.75, 3.05) is 17.4 Å². The zero-order chi connectivity index (χ0) is 28.6. The van der Waals surface area contributed by atoms with Gasteiger partial charge in [0.05, 0.1) is 10.6 Å². The van der Waals surface area contributed by atoms with Gasteiger partial charge in [-0.1, -0.05) is 73.5 Å². The molecule has 8 heteroatoms. The van der Waals surface area contributed by atoms with Crippen LogP contribution in [0.3, 0.4) is 0 Å². The second-order valence-electron chi connectivity index (χ2n) is 9.82. The van der Waals surface area contributed by atoms with Gasteiger partial charge in [-0.2, -0.15) is 0 Å². The average Bonchev–Trinajstić information content (AvgIpc) is 2.92. The van der Waals surface area contributed by atoms with Crippen LogP contribution in [0.1, 0.15) is 48.9 Å². The van der Waals surface area contributed by atoms with Crippen molar-refractivity contribution < 1.29 is 18.0 Å². The van der Waals surface area contributed by atoms with Gasteiger partial charge in [-0.25, -0.2) is 8.42 Å². The number of aryl methyl sites for hydroxylation is 3. The zero-order valence-corrected chi connectivity index (χ0v) is 24.3. The molecule has 0 aliphatic heterocycles. The first-order valence-corrected chi connectivity index (χ1v) is 14.8. The molecule has 0 radical (unpaired) electrons. The molecule has 2 amide bonds. The second kappa shape index (κ2) is 13.4. The van der Waals surface area contributed by atoms with E-state index < -0.39 is 28.5 Å². The Kier molecular flexibility index (Phi) is 10.3. The van der Waals surface area contributed by atoms with E-state index in [4.69, 9.17) is 0 Å². The SMILES string of the molecule is CCCNC(=O)C(CC)N(Cc1ccccc1C)C(=O)CN(c1ccc(C)cc1)S(=O)(=O)c1ccc(C)cc1. The Hall–Kier alpha value is -3.65. The molecule has 0 aromatic heterocycles. The third-order valence-electron chi connectivity index (χ3n) is 6.75. The lowest BCUT2D eigenvalue weighted by Gasteiger charge is -2.33. The molecule has 7 nitrogen and oxygen atoms in total. The molecule has 3 aromatic rings. The van der Waals surface area contributed by atoms with Crippen LogP contribution in [0.2, 0.25) is 0 Å². The number of hydrogen-bond acceptors (Lipinski definition) is 4. The fourth-order valence-electron chi connectivity index (χ4n) is 4.33. The Balaban J connectivity index is 2.05. The first kappa shape index (κ1) is 29.9. The first-order chi connectivity index (χ1) is 18.6. The van der Waals surface area contributed by atoms with Crippen LogP contribution < -0.4 is 9.62 Å². The van der Waals surface area contributed by atoms with Gasteiger partial charge >= 0.3 is 0 Å². The lowest BCUT2D eigenvalue weighted by molar-refractivity contribution is -0.140. The summed E-state index contributed by atoms with van der Waals surface area (Å²) < 4.78 is 28.9. The highest BCUT2D eigenvalue weighted by molar-refractivity contribution is 7.92. The molecule has 3 aromatic carbocycles. The molecular weight excluding hydrogens is 510 g/mol. The standard InChI is InChI=1S/C31H39N3O4S/c1-6-20-32-31(36)29(7-2)33(21-26-11-9-8-10-25(26)5)30(35)22-34(27-16-12-23(3)13-17-27)39(37,38)28-18-14-24(4)15-19-28/h8-19,29H,6-7,20-22H2,1-5H3,(H,32,36). The van der Waals surface area contributed by atoms with E-state index >= 15 is 0 Å². The first-order valence-electron chi connectivity index (χ1n) is 13.4. The van der Waals surface area contributed by atoms with Crippen molar-refractivity contribution in [1.82, 2.24) is 10.2 Å². The van der Waals surface area contributed by atoms with E-state index in [1.54, 1.807) is 36.4 Å². The number of carbonyl (C=O) groups is 2. The van der Waals surface area contributed by atoms with Gasteiger partial charge in [0, 0.05) is 13.1 Å². The Labute approximate surface area is 232 Å².